The van der Waals surface area contributed by atoms with Crippen molar-refractivity contribution < 1.29 is 9.53 Å². The van der Waals surface area contributed by atoms with E-state index >= 15 is 0 Å². The van der Waals surface area contributed by atoms with Crippen molar-refractivity contribution in [1.82, 2.24) is 14.3 Å². The first kappa shape index (κ1) is 16.1. The molecule has 122 valence electrons. The van der Waals surface area contributed by atoms with Crippen LogP contribution in [-0.2, 0) is 16.1 Å². The number of aromatic nitrogens is 2. The van der Waals surface area contributed by atoms with Crippen LogP contribution in [0.2, 0.25) is 0 Å². The number of carbonyl (C=O) groups excluding carboxylic acids is 1. The van der Waals surface area contributed by atoms with E-state index in [1.807, 2.05) is 12.1 Å². The van der Waals surface area contributed by atoms with Gasteiger partial charge in [-0.3, -0.25) is 18.9 Å². The third-order valence-electron chi connectivity index (χ3n) is 4.18. The van der Waals surface area contributed by atoms with Crippen LogP contribution in [0.1, 0.15) is 18.5 Å². The zero-order valence-electron chi connectivity index (χ0n) is 12.9. The maximum atomic E-state index is 12.2. The summed E-state index contributed by atoms with van der Waals surface area (Å²) in [5, 5.41) is 0. The number of pyridine rings is 1. The van der Waals surface area contributed by atoms with Gasteiger partial charge in [0.25, 0.3) is 5.56 Å². The molecule has 0 amide bonds. The Bertz CT molecular complexity index is 782. The van der Waals surface area contributed by atoms with Crippen LogP contribution in [0, 0.1) is 5.92 Å². The zero-order chi connectivity index (χ0) is 16.4. The van der Waals surface area contributed by atoms with Crippen LogP contribution < -0.4 is 5.56 Å². The largest absolute Gasteiger partial charge is 0.469 e. The van der Waals surface area contributed by atoms with Gasteiger partial charge in [-0.25, -0.2) is 4.98 Å². The molecule has 0 aliphatic carbocycles. The molecule has 0 aromatic carbocycles. The highest BCUT2D eigenvalue weighted by atomic mass is 79.9. The lowest BCUT2D eigenvalue weighted by atomic mass is 9.97. The highest BCUT2D eigenvalue weighted by Crippen LogP contribution is 2.19. The van der Waals surface area contributed by atoms with Gasteiger partial charge >= 0.3 is 5.97 Å². The molecule has 1 saturated heterocycles. The standard InChI is InChI=1S/C16H18BrN3O3/c1-23-16(22)11-4-6-19(7-5-11)10-13-8-15(21)20-9-12(17)2-3-14(20)18-13/h2-3,8-9,11H,4-7,10H2,1H3. The summed E-state index contributed by atoms with van der Waals surface area (Å²) in [6.07, 6.45) is 3.29. The number of fused-ring (bicyclic) bond motifs is 1. The highest BCUT2D eigenvalue weighted by Gasteiger charge is 2.25. The van der Waals surface area contributed by atoms with E-state index < -0.39 is 0 Å². The second kappa shape index (κ2) is 6.80. The molecule has 0 spiro atoms. The lowest BCUT2D eigenvalue weighted by molar-refractivity contribution is -0.147. The van der Waals surface area contributed by atoms with Crippen molar-refractivity contribution in [2.75, 3.05) is 20.2 Å². The molecule has 3 heterocycles. The Balaban J connectivity index is 1.72. The number of carbonyl (C=O) groups is 1. The molecule has 7 heteroatoms. The summed E-state index contributed by atoms with van der Waals surface area (Å²) in [5.41, 5.74) is 1.31. The minimum Gasteiger partial charge on any atom is -0.469 e. The smallest absolute Gasteiger partial charge is 0.308 e. The maximum Gasteiger partial charge on any atom is 0.308 e. The minimum atomic E-state index is -0.127. The first-order chi connectivity index (χ1) is 11.1. The van der Waals surface area contributed by atoms with Gasteiger partial charge in [0.2, 0.25) is 0 Å². The SMILES string of the molecule is COC(=O)C1CCN(Cc2cc(=O)n3cc(Br)ccc3n2)CC1. The average Bonchev–Trinajstić information content (AvgIpc) is 2.55. The molecule has 0 atom stereocenters. The van der Waals surface area contributed by atoms with E-state index in [-0.39, 0.29) is 17.4 Å². The highest BCUT2D eigenvalue weighted by molar-refractivity contribution is 9.10. The van der Waals surface area contributed by atoms with Gasteiger partial charge in [0.15, 0.2) is 0 Å². The van der Waals surface area contributed by atoms with Gasteiger partial charge in [-0.2, -0.15) is 0 Å². The molecule has 1 aliphatic heterocycles. The molecular weight excluding hydrogens is 362 g/mol. The molecule has 0 N–H and O–H groups in total. The van der Waals surface area contributed by atoms with Crippen molar-refractivity contribution in [3.05, 3.63) is 44.9 Å². The minimum absolute atomic E-state index is 0.0104. The van der Waals surface area contributed by atoms with Gasteiger partial charge in [0.05, 0.1) is 18.7 Å². The fourth-order valence-electron chi connectivity index (χ4n) is 2.93. The zero-order valence-corrected chi connectivity index (χ0v) is 14.5. The Morgan fingerprint density at radius 1 is 1.39 bits per heavy atom. The number of rotatable bonds is 3. The Morgan fingerprint density at radius 3 is 2.83 bits per heavy atom. The molecule has 1 fully saturated rings. The lowest BCUT2D eigenvalue weighted by Gasteiger charge is -2.30. The summed E-state index contributed by atoms with van der Waals surface area (Å²) < 4.78 is 7.16. The molecule has 0 saturated carbocycles. The first-order valence-corrected chi connectivity index (χ1v) is 8.34. The first-order valence-electron chi connectivity index (χ1n) is 7.55. The maximum absolute atomic E-state index is 12.2. The molecule has 0 bridgehead atoms. The number of hydrogen-bond donors (Lipinski definition) is 0. The van der Waals surface area contributed by atoms with Crippen LogP contribution >= 0.6 is 15.9 Å². The van der Waals surface area contributed by atoms with Gasteiger partial charge in [-0.05, 0) is 54.0 Å². The van der Waals surface area contributed by atoms with Gasteiger partial charge in [-0.15, -0.1) is 0 Å². The fourth-order valence-corrected chi connectivity index (χ4v) is 3.27. The third kappa shape index (κ3) is 3.61. The Morgan fingerprint density at radius 2 is 2.13 bits per heavy atom. The van der Waals surface area contributed by atoms with Crippen LogP contribution in [0.5, 0.6) is 0 Å². The second-order valence-electron chi connectivity index (χ2n) is 5.73. The summed E-state index contributed by atoms with van der Waals surface area (Å²) in [6, 6.07) is 5.26. The number of piperidine rings is 1. The topological polar surface area (TPSA) is 63.9 Å². The Kier molecular flexibility index (Phi) is 4.77. The normalized spacial score (nSPS) is 16.6. The summed E-state index contributed by atoms with van der Waals surface area (Å²) in [7, 11) is 1.43. The van der Waals surface area contributed by atoms with Gasteiger partial charge in [-0.1, -0.05) is 0 Å². The second-order valence-corrected chi connectivity index (χ2v) is 6.65. The number of hydrogen-bond acceptors (Lipinski definition) is 5. The number of esters is 1. The van der Waals surface area contributed by atoms with Crippen LogP contribution in [-0.4, -0.2) is 40.5 Å². The van der Waals surface area contributed by atoms with Gasteiger partial charge in [0, 0.05) is 23.3 Å². The number of ether oxygens (including phenoxy) is 1. The van der Waals surface area contributed by atoms with Gasteiger partial charge < -0.3 is 4.74 Å². The molecule has 1 aliphatic rings. The van der Waals surface area contributed by atoms with Gasteiger partial charge in [0.1, 0.15) is 5.65 Å². The molecule has 23 heavy (non-hydrogen) atoms. The molecule has 3 rings (SSSR count). The molecule has 2 aromatic rings. The van der Waals surface area contributed by atoms with Crippen molar-refractivity contribution in [1.29, 1.82) is 0 Å². The Hall–Kier alpha value is -1.73. The number of methoxy groups -OCH3 is 1. The molecule has 0 unspecified atom stereocenters. The van der Waals surface area contributed by atoms with Crippen molar-refractivity contribution in [2.24, 2.45) is 5.92 Å². The molecule has 6 nitrogen and oxygen atoms in total. The number of likely N-dealkylation sites (tertiary alicyclic amines) is 1. The van der Waals surface area contributed by atoms with E-state index in [1.54, 1.807) is 12.3 Å². The van der Waals surface area contributed by atoms with E-state index in [2.05, 4.69) is 25.8 Å². The van der Waals surface area contributed by atoms with Crippen LogP contribution in [0.25, 0.3) is 5.65 Å². The third-order valence-corrected chi connectivity index (χ3v) is 4.65. The van der Waals surface area contributed by atoms with Crippen molar-refractivity contribution in [3.63, 3.8) is 0 Å². The predicted octanol–water partition coefficient (Wildman–Crippen LogP) is 1.84. The summed E-state index contributed by atoms with van der Waals surface area (Å²) >= 11 is 3.35. The van der Waals surface area contributed by atoms with Crippen LogP contribution in [0.15, 0.2) is 33.7 Å². The molecule has 2 aromatic heterocycles. The lowest BCUT2D eigenvalue weighted by Crippen LogP contribution is -2.36. The van der Waals surface area contributed by atoms with E-state index in [1.165, 1.54) is 11.5 Å². The predicted molar refractivity (Wildman–Crippen MR) is 89.2 cm³/mol. The van der Waals surface area contributed by atoms with E-state index in [0.29, 0.717) is 12.2 Å². The number of nitrogens with zero attached hydrogens (tertiary/aromatic N) is 3. The summed E-state index contributed by atoms with van der Waals surface area (Å²) in [5.74, 6) is -0.138. The van der Waals surface area contributed by atoms with Crippen molar-refractivity contribution in [2.45, 2.75) is 19.4 Å². The van der Waals surface area contributed by atoms with Crippen LogP contribution in [0.3, 0.4) is 0 Å². The Labute approximate surface area is 142 Å². The summed E-state index contributed by atoms with van der Waals surface area (Å²) in [4.78, 5) is 30.5. The fraction of sp³-hybridized carbons (Fsp3) is 0.438. The van der Waals surface area contributed by atoms with Crippen molar-refractivity contribution >= 4 is 27.5 Å². The number of halogens is 1. The van der Waals surface area contributed by atoms with Crippen molar-refractivity contribution in [3.8, 4) is 0 Å². The van der Waals surface area contributed by atoms with E-state index in [0.717, 1.165) is 36.1 Å². The average molecular weight is 380 g/mol. The molecule has 0 radical (unpaired) electrons. The quantitative estimate of drug-likeness (QED) is 0.761. The monoisotopic (exact) mass is 379 g/mol. The van der Waals surface area contributed by atoms with E-state index in [9.17, 15) is 9.59 Å². The summed E-state index contributed by atoms with van der Waals surface area (Å²) in [6.45, 7) is 2.23. The van der Waals surface area contributed by atoms with E-state index in [4.69, 9.17) is 4.74 Å². The molecular formula is C16H18BrN3O3. The van der Waals surface area contributed by atoms with Crippen LogP contribution in [0.4, 0.5) is 0 Å².